The van der Waals surface area contributed by atoms with E-state index in [2.05, 4.69) is 10.2 Å². The van der Waals surface area contributed by atoms with E-state index in [4.69, 9.17) is 4.74 Å². The molecule has 0 spiro atoms. The Labute approximate surface area is 131 Å². The molecule has 0 aliphatic carbocycles. The lowest BCUT2D eigenvalue weighted by Gasteiger charge is -2.19. The molecule has 4 heteroatoms. The molecule has 0 saturated heterocycles. The van der Waals surface area contributed by atoms with E-state index in [1.807, 2.05) is 68.6 Å². The van der Waals surface area contributed by atoms with Crippen LogP contribution >= 0.6 is 0 Å². The molecule has 0 saturated carbocycles. The van der Waals surface area contributed by atoms with Crippen LogP contribution in [0.1, 0.15) is 5.56 Å². The summed E-state index contributed by atoms with van der Waals surface area (Å²) < 4.78 is 5.47. The van der Waals surface area contributed by atoms with Crippen molar-refractivity contribution in [3.63, 3.8) is 0 Å². The summed E-state index contributed by atoms with van der Waals surface area (Å²) in [6, 6.07) is 17.7. The van der Waals surface area contributed by atoms with Gasteiger partial charge in [-0.3, -0.25) is 4.79 Å². The monoisotopic (exact) mass is 298 g/mol. The van der Waals surface area contributed by atoms with E-state index in [0.717, 1.165) is 23.5 Å². The summed E-state index contributed by atoms with van der Waals surface area (Å²) >= 11 is 0. The minimum atomic E-state index is -0.108. The Bertz CT molecular complexity index is 599. The highest BCUT2D eigenvalue weighted by atomic mass is 16.5. The Morgan fingerprint density at radius 1 is 1.14 bits per heavy atom. The number of ether oxygens (including phenoxy) is 1. The molecule has 0 atom stereocenters. The van der Waals surface area contributed by atoms with Gasteiger partial charge >= 0.3 is 0 Å². The summed E-state index contributed by atoms with van der Waals surface area (Å²) in [5.74, 6) is 0.611. The molecular formula is C18H22N2O2. The molecular weight excluding hydrogens is 276 g/mol. The SMILES string of the molecule is Cc1cccc(OCC(=O)NCCN(C)c2ccccc2)c1. The predicted molar refractivity (Wildman–Crippen MR) is 89.4 cm³/mol. The van der Waals surface area contributed by atoms with E-state index in [1.165, 1.54) is 0 Å². The van der Waals surface area contributed by atoms with Gasteiger partial charge in [0, 0.05) is 25.8 Å². The normalized spacial score (nSPS) is 10.1. The summed E-state index contributed by atoms with van der Waals surface area (Å²) in [6.07, 6.45) is 0. The Hall–Kier alpha value is -2.49. The first-order chi connectivity index (χ1) is 10.6. The van der Waals surface area contributed by atoms with E-state index in [1.54, 1.807) is 0 Å². The number of carbonyl (C=O) groups excluding carboxylic acids is 1. The zero-order chi connectivity index (χ0) is 15.8. The number of hydrogen-bond donors (Lipinski definition) is 1. The van der Waals surface area contributed by atoms with E-state index in [-0.39, 0.29) is 12.5 Å². The summed E-state index contributed by atoms with van der Waals surface area (Å²) in [5.41, 5.74) is 2.25. The molecule has 1 N–H and O–H groups in total. The van der Waals surface area contributed by atoms with Crippen LogP contribution in [0.15, 0.2) is 54.6 Å². The number of para-hydroxylation sites is 1. The smallest absolute Gasteiger partial charge is 0.258 e. The van der Waals surface area contributed by atoms with Crippen LogP contribution in [0.3, 0.4) is 0 Å². The first-order valence-corrected chi connectivity index (χ1v) is 7.37. The fourth-order valence-electron chi connectivity index (χ4n) is 2.08. The molecule has 116 valence electrons. The molecule has 0 aliphatic heterocycles. The van der Waals surface area contributed by atoms with Gasteiger partial charge in [-0.2, -0.15) is 0 Å². The first-order valence-electron chi connectivity index (χ1n) is 7.37. The average Bonchev–Trinajstić information content (AvgIpc) is 2.54. The molecule has 0 fully saturated rings. The van der Waals surface area contributed by atoms with Gasteiger partial charge in [-0.25, -0.2) is 0 Å². The van der Waals surface area contributed by atoms with Crippen LogP contribution in [0.4, 0.5) is 5.69 Å². The molecule has 22 heavy (non-hydrogen) atoms. The van der Waals surface area contributed by atoms with Crippen molar-refractivity contribution in [2.24, 2.45) is 0 Å². The number of nitrogens with one attached hydrogen (secondary N) is 1. The topological polar surface area (TPSA) is 41.6 Å². The maximum absolute atomic E-state index is 11.8. The summed E-state index contributed by atoms with van der Waals surface area (Å²) in [4.78, 5) is 13.9. The Kier molecular flexibility index (Phi) is 5.83. The van der Waals surface area contributed by atoms with Crippen molar-refractivity contribution in [3.8, 4) is 5.75 Å². The van der Waals surface area contributed by atoms with Crippen molar-refractivity contribution < 1.29 is 9.53 Å². The van der Waals surface area contributed by atoms with Crippen LogP contribution in [0, 0.1) is 6.92 Å². The lowest BCUT2D eigenvalue weighted by molar-refractivity contribution is -0.123. The Morgan fingerprint density at radius 2 is 1.91 bits per heavy atom. The fraction of sp³-hybridized carbons (Fsp3) is 0.278. The third-order valence-corrected chi connectivity index (χ3v) is 3.33. The van der Waals surface area contributed by atoms with E-state index in [0.29, 0.717) is 6.54 Å². The zero-order valence-electron chi connectivity index (χ0n) is 13.1. The van der Waals surface area contributed by atoms with E-state index < -0.39 is 0 Å². The van der Waals surface area contributed by atoms with Crippen LogP contribution in [-0.4, -0.2) is 32.7 Å². The minimum absolute atomic E-state index is 0.0402. The number of amides is 1. The highest BCUT2D eigenvalue weighted by Gasteiger charge is 2.04. The first kappa shape index (κ1) is 15.9. The Morgan fingerprint density at radius 3 is 2.64 bits per heavy atom. The van der Waals surface area contributed by atoms with E-state index >= 15 is 0 Å². The largest absolute Gasteiger partial charge is 0.484 e. The van der Waals surface area contributed by atoms with Gasteiger partial charge in [0.25, 0.3) is 5.91 Å². The van der Waals surface area contributed by atoms with Gasteiger partial charge in [0.2, 0.25) is 0 Å². The van der Waals surface area contributed by atoms with Crippen molar-refractivity contribution in [1.29, 1.82) is 0 Å². The molecule has 2 aromatic rings. The molecule has 0 bridgehead atoms. The Balaban J connectivity index is 1.68. The summed E-state index contributed by atoms with van der Waals surface area (Å²) in [7, 11) is 2.00. The van der Waals surface area contributed by atoms with E-state index in [9.17, 15) is 4.79 Å². The summed E-state index contributed by atoms with van der Waals surface area (Å²) in [5, 5.41) is 2.86. The van der Waals surface area contributed by atoms with Crippen LogP contribution in [0.25, 0.3) is 0 Å². The highest BCUT2D eigenvalue weighted by molar-refractivity contribution is 5.77. The van der Waals surface area contributed by atoms with Crippen LogP contribution in [0.5, 0.6) is 5.75 Å². The van der Waals surface area contributed by atoms with Crippen molar-refractivity contribution in [2.45, 2.75) is 6.92 Å². The van der Waals surface area contributed by atoms with Crippen LogP contribution in [0.2, 0.25) is 0 Å². The predicted octanol–water partition coefficient (Wildman–Crippen LogP) is 2.63. The minimum Gasteiger partial charge on any atom is -0.484 e. The van der Waals surface area contributed by atoms with Crippen molar-refractivity contribution in [2.75, 3.05) is 31.6 Å². The van der Waals surface area contributed by atoms with Gasteiger partial charge in [0.1, 0.15) is 5.75 Å². The molecule has 1 amide bonds. The van der Waals surface area contributed by atoms with Crippen molar-refractivity contribution >= 4 is 11.6 Å². The number of nitrogens with zero attached hydrogens (tertiary/aromatic N) is 1. The fourth-order valence-corrected chi connectivity index (χ4v) is 2.08. The molecule has 0 unspecified atom stereocenters. The van der Waals surface area contributed by atoms with Crippen molar-refractivity contribution in [1.82, 2.24) is 5.32 Å². The van der Waals surface area contributed by atoms with Crippen molar-refractivity contribution in [3.05, 3.63) is 60.2 Å². The molecule has 0 heterocycles. The second-order valence-electron chi connectivity index (χ2n) is 5.21. The number of likely N-dealkylation sites (N-methyl/N-ethyl adjacent to an activating group) is 1. The lowest BCUT2D eigenvalue weighted by atomic mass is 10.2. The van der Waals surface area contributed by atoms with Gasteiger partial charge in [0.05, 0.1) is 0 Å². The average molecular weight is 298 g/mol. The molecule has 0 aromatic heterocycles. The molecule has 2 aromatic carbocycles. The summed E-state index contributed by atoms with van der Waals surface area (Å²) in [6.45, 7) is 3.37. The number of rotatable bonds is 7. The van der Waals surface area contributed by atoms with Crippen LogP contribution < -0.4 is 15.0 Å². The lowest BCUT2D eigenvalue weighted by Crippen LogP contribution is -2.35. The zero-order valence-corrected chi connectivity index (χ0v) is 13.1. The van der Waals surface area contributed by atoms with Crippen LogP contribution in [-0.2, 0) is 4.79 Å². The number of aryl methyl sites for hydroxylation is 1. The van der Waals surface area contributed by atoms with Gasteiger partial charge < -0.3 is 15.0 Å². The maximum Gasteiger partial charge on any atom is 0.258 e. The van der Waals surface area contributed by atoms with Gasteiger partial charge in [-0.05, 0) is 36.8 Å². The number of hydrogen-bond acceptors (Lipinski definition) is 3. The third-order valence-electron chi connectivity index (χ3n) is 3.33. The van der Waals surface area contributed by atoms with Gasteiger partial charge in [0.15, 0.2) is 6.61 Å². The van der Waals surface area contributed by atoms with Gasteiger partial charge in [-0.15, -0.1) is 0 Å². The second kappa shape index (κ2) is 8.08. The molecule has 4 nitrogen and oxygen atoms in total. The standard InChI is InChI=1S/C18H22N2O2/c1-15-7-6-10-17(13-15)22-14-18(21)19-11-12-20(2)16-8-4-3-5-9-16/h3-10,13H,11-12,14H2,1-2H3,(H,19,21). The quantitative estimate of drug-likeness (QED) is 0.854. The molecule has 2 rings (SSSR count). The van der Waals surface area contributed by atoms with Gasteiger partial charge in [-0.1, -0.05) is 30.3 Å². The third kappa shape index (κ3) is 5.13. The molecule has 0 radical (unpaired) electrons. The number of anilines is 1. The second-order valence-corrected chi connectivity index (χ2v) is 5.21. The maximum atomic E-state index is 11.8. The number of carbonyl (C=O) groups is 1. The number of benzene rings is 2. The highest BCUT2D eigenvalue weighted by Crippen LogP contribution is 2.12. The molecule has 0 aliphatic rings.